The van der Waals surface area contributed by atoms with E-state index in [-0.39, 0.29) is 0 Å². The monoisotopic (exact) mass is 357 g/mol. The van der Waals surface area contributed by atoms with Crippen molar-refractivity contribution in [2.24, 2.45) is 5.73 Å². The largest absolute Gasteiger partial charge is 0.366 e. The van der Waals surface area contributed by atoms with Crippen LogP contribution in [0.1, 0.15) is 29.9 Å². The quantitative estimate of drug-likeness (QED) is 0.723. The van der Waals surface area contributed by atoms with Crippen LogP contribution in [0.4, 0.5) is 5.95 Å². The van der Waals surface area contributed by atoms with Gasteiger partial charge in [-0.1, -0.05) is 11.6 Å². The first-order valence-electron chi connectivity index (χ1n) is 7.43. The molecule has 0 saturated carbocycles. The fourth-order valence-corrected chi connectivity index (χ4v) is 2.64. The molecule has 0 fully saturated rings. The molecule has 0 radical (unpaired) electrons. The van der Waals surface area contributed by atoms with Crippen LogP contribution in [0.2, 0.25) is 5.02 Å². The lowest BCUT2D eigenvalue weighted by molar-refractivity contribution is 0.100. The maximum Gasteiger partial charge on any atom is 0.251 e. The molecule has 0 saturated heterocycles. The van der Waals surface area contributed by atoms with Crippen LogP contribution in [0.3, 0.4) is 0 Å². The van der Waals surface area contributed by atoms with E-state index in [0.29, 0.717) is 27.9 Å². The van der Waals surface area contributed by atoms with Gasteiger partial charge in [0.25, 0.3) is 5.91 Å². The molecule has 0 aliphatic rings. The van der Waals surface area contributed by atoms with Gasteiger partial charge < -0.3 is 11.1 Å². The third kappa shape index (κ3) is 3.58. The summed E-state index contributed by atoms with van der Waals surface area (Å²) >= 11 is 6.22. The van der Waals surface area contributed by atoms with E-state index in [9.17, 15) is 4.79 Å². The van der Waals surface area contributed by atoms with Gasteiger partial charge >= 0.3 is 0 Å². The number of carbonyl (C=O) groups excluding carboxylic acids is 1. The molecule has 3 aromatic heterocycles. The molecule has 0 atom stereocenters. The number of hydrogen-bond acceptors (Lipinski definition) is 6. The van der Waals surface area contributed by atoms with Crippen LogP contribution in [0, 0.1) is 0 Å². The van der Waals surface area contributed by atoms with E-state index in [1.54, 1.807) is 30.7 Å². The van der Waals surface area contributed by atoms with Crippen molar-refractivity contribution >= 4 is 23.5 Å². The number of aromatic nitrogens is 5. The van der Waals surface area contributed by atoms with E-state index in [2.05, 4.69) is 25.4 Å². The highest BCUT2D eigenvalue weighted by molar-refractivity contribution is 6.31. The van der Waals surface area contributed by atoms with Crippen molar-refractivity contribution < 1.29 is 4.79 Å². The highest BCUT2D eigenvalue weighted by Gasteiger charge is 2.25. The smallest absolute Gasteiger partial charge is 0.251 e. The number of halogens is 1. The number of anilines is 1. The predicted octanol–water partition coefficient (Wildman–Crippen LogP) is 2.16. The van der Waals surface area contributed by atoms with Gasteiger partial charge in [-0.3, -0.25) is 9.78 Å². The van der Waals surface area contributed by atoms with Gasteiger partial charge in [-0.15, -0.1) is 0 Å². The predicted molar refractivity (Wildman–Crippen MR) is 93.6 cm³/mol. The fraction of sp³-hybridized carbons (Fsp3) is 0.188. The number of primary amides is 1. The minimum Gasteiger partial charge on any atom is -0.366 e. The molecule has 0 bridgehead atoms. The maximum absolute atomic E-state index is 11.1. The highest BCUT2D eigenvalue weighted by atomic mass is 35.5. The Morgan fingerprint density at radius 2 is 1.96 bits per heavy atom. The van der Waals surface area contributed by atoms with Gasteiger partial charge in [0.2, 0.25) is 5.95 Å². The molecule has 0 aromatic carbocycles. The molecule has 3 N–H and O–H groups in total. The summed E-state index contributed by atoms with van der Waals surface area (Å²) in [6, 6.07) is 3.56. The van der Waals surface area contributed by atoms with Crippen LogP contribution in [0.25, 0.3) is 5.69 Å². The maximum atomic E-state index is 11.1. The average Bonchev–Trinajstić information content (AvgIpc) is 3.06. The molecule has 0 spiro atoms. The zero-order chi connectivity index (χ0) is 18.0. The summed E-state index contributed by atoms with van der Waals surface area (Å²) in [6.45, 7) is 3.87. The first kappa shape index (κ1) is 16.8. The van der Waals surface area contributed by atoms with Crippen molar-refractivity contribution in [1.82, 2.24) is 24.7 Å². The summed E-state index contributed by atoms with van der Waals surface area (Å²) in [5.74, 6) is -0.128. The number of nitrogens with two attached hydrogens (primary N) is 1. The van der Waals surface area contributed by atoms with Crippen LogP contribution in [0.5, 0.6) is 0 Å². The van der Waals surface area contributed by atoms with Gasteiger partial charge in [-0.2, -0.15) is 5.10 Å². The zero-order valence-corrected chi connectivity index (χ0v) is 14.4. The molecule has 0 aliphatic heterocycles. The first-order valence-corrected chi connectivity index (χ1v) is 7.81. The second-order valence-electron chi connectivity index (χ2n) is 5.89. The lowest BCUT2D eigenvalue weighted by Crippen LogP contribution is -2.30. The molecule has 25 heavy (non-hydrogen) atoms. The number of hydrogen-bond donors (Lipinski definition) is 2. The Balaban J connectivity index is 1.80. The van der Waals surface area contributed by atoms with E-state index in [0.717, 1.165) is 0 Å². The summed E-state index contributed by atoms with van der Waals surface area (Å²) in [4.78, 5) is 24.0. The van der Waals surface area contributed by atoms with Crippen LogP contribution in [0.15, 0.2) is 43.1 Å². The molecule has 8 nitrogen and oxygen atoms in total. The number of nitrogens with one attached hydrogen (secondary N) is 1. The third-order valence-electron chi connectivity index (χ3n) is 3.54. The Kier molecular flexibility index (Phi) is 4.37. The van der Waals surface area contributed by atoms with Crippen molar-refractivity contribution in [2.75, 3.05) is 5.32 Å². The molecule has 9 heteroatoms. The molecule has 0 unspecified atom stereocenters. The van der Waals surface area contributed by atoms with Crippen molar-refractivity contribution in [1.29, 1.82) is 0 Å². The SMILES string of the molecule is CC(C)(Nc1ncc(-n2cc(C(N)=O)cn2)cn1)c1ncccc1Cl. The second-order valence-corrected chi connectivity index (χ2v) is 6.29. The molecule has 3 rings (SSSR count). The second kappa shape index (κ2) is 6.48. The Hall–Kier alpha value is -3.00. The van der Waals surface area contributed by atoms with Crippen molar-refractivity contribution in [2.45, 2.75) is 19.4 Å². The summed E-state index contributed by atoms with van der Waals surface area (Å²) in [5, 5.41) is 7.83. The lowest BCUT2D eigenvalue weighted by Gasteiger charge is -2.26. The molecule has 0 aliphatic carbocycles. The zero-order valence-electron chi connectivity index (χ0n) is 13.6. The highest BCUT2D eigenvalue weighted by Crippen LogP contribution is 2.28. The molecular formula is C16H16ClN7O. The van der Waals surface area contributed by atoms with Gasteiger partial charge in [0, 0.05) is 12.4 Å². The topological polar surface area (TPSA) is 112 Å². The number of carbonyl (C=O) groups is 1. The van der Waals surface area contributed by atoms with Gasteiger partial charge in [-0.25, -0.2) is 14.6 Å². The summed E-state index contributed by atoms with van der Waals surface area (Å²) in [7, 11) is 0. The van der Waals surface area contributed by atoms with Gasteiger partial charge in [0.05, 0.1) is 40.4 Å². The molecule has 128 valence electrons. The normalized spacial score (nSPS) is 11.3. The van der Waals surface area contributed by atoms with Crippen LogP contribution >= 0.6 is 11.6 Å². The Morgan fingerprint density at radius 1 is 1.24 bits per heavy atom. The Morgan fingerprint density at radius 3 is 2.56 bits per heavy atom. The van der Waals surface area contributed by atoms with Gasteiger partial charge in [0.15, 0.2) is 0 Å². The summed E-state index contributed by atoms with van der Waals surface area (Å²) in [6.07, 6.45) is 7.77. The molecule has 3 heterocycles. The Bertz CT molecular complexity index is 905. The summed E-state index contributed by atoms with van der Waals surface area (Å²) in [5.41, 5.74) is 6.26. The third-order valence-corrected chi connectivity index (χ3v) is 3.85. The first-order chi connectivity index (χ1) is 11.9. The minimum absolute atomic E-state index is 0.313. The van der Waals surface area contributed by atoms with Gasteiger partial charge in [-0.05, 0) is 26.0 Å². The average molecular weight is 358 g/mol. The molecule has 3 aromatic rings. The van der Waals surface area contributed by atoms with Crippen molar-refractivity contribution in [3.63, 3.8) is 0 Å². The summed E-state index contributed by atoms with van der Waals surface area (Å²) < 4.78 is 1.48. The van der Waals surface area contributed by atoms with Crippen LogP contribution in [-0.2, 0) is 5.54 Å². The van der Waals surface area contributed by atoms with E-state index < -0.39 is 11.4 Å². The van der Waals surface area contributed by atoms with E-state index >= 15 is 0 Å². The van der Waals surface area contributed by atoms with Crippen LogP contribution < -0.4 is 11.1 Å². The van der Waals surface area contributed by atoms with E-state index in [1.807, 2.05) is 13.8 Å². The minimum atomic E-state index is -0.565. The number of pyridine rings is 1. The van der Waals surface area contributed by atoms with Crippen LogP contribution in [-0.4, -0.2) is 30.6 Å². The standard InChI is InChI=1S/C16H16ClN7O/c1-16(2,13-12(17)4-3-5-19-13)23-15-20-7-11(8-21-15)24-9-10(6-22-24)14(18)25/h3-9H,1-2H3,(H2,18,25)(H,20,21,23). The van der Waals surface area contributed by atoms with Crippen molar-refractivity contribution in [3.8, 4) is 5.69 Å². The van der Waals surface area contributed by atoms with Crippen molar-refractivity contribution in [3.05, 3.63) is 59.4 Å². The lowest BCUT2D eigenvalue weighted by atomic mass is 10.00. The number of nitrogens with zero attached hydrogens (tertiary/aromatic N) is 5. The van der Waals surface area contributed by atoms with E-state index in [1.165, 1.54) is 17.1 Å². The van der Waals surface area contributed by atoms with E-state index in [4.69, 9.17) is 17.3 Å². The van der Waals surface area contributed by atoms with Gasteiger partial charge in [0.1, 0.15) is 5.69 Å². The fourth-order valence-electron chi connectivity index (χ4n) is 2.28. The number of amides is 1. The molecule has 1 amide bonds. The Labute approximate surface area is 149 Å². The number of rotatable bonds is 5. The molecular weight excluding hydrogens is 342 g/mol.